The standard InChI is InChI=1S/C9H18BNS/c1-5-6-11(4)9(3)12-7-8(2)10/h7H,3,5-6,10H2,1-2,4H3/b8-7+. The van der Waals surface area contributed by atoms with Crippen molar-refractivity contribution in [3.05, 3.63) is 22.5 Å². The predicted molar refractivity (Wildman–Crippen MR) is 62.0 cm³/mol. The fourth-order valence-electron chi connectivity index (χ4n) is 0.736. The molecule has 0 spiro atoms. The van der Waals surface area contributed by atoms with Crippen molar-refractivity contribution in [2.75, 3.05) is 13.6 Å². The molecule has 0 heterocycles. The first-order valence-electron chi connectivity index (χ1n) is 4.28. The van der Waals surface area contributed by atoms with Gasteiger partial charge in [0.05, 0.1) is 5.03 Å². The number of allylic oxidation sites excluding steroid dienone is 1. The zero-order chi connectivity index (χ0) is 9.56. The molecule has 1 nitrogen and oxygen atoms in total. The maximum atomic E-state index is 3.99. The normalized spacial score (nSPS) is 11.4. The third-order valence-electron chi connectivity index (χ3n) is 1.42. The molecule has 0 aliphatic carbocycles. The summed E-state index contributed by atoms with van der Waals surface area (Å²) in [6, 6.07) is 0. The van der Waals surface area contributed by atoms with Gasteiger partial charge in [0.1, 0.15) is 7.85 Å². The van der Waals surface area contributed by atoms with Gasteiger partial charge in [0, 0.05) is 13.6 Å². The molecule has 3 heteroatoms. The minimum atomic E-state index is 1.09. The SMILES string of the molecule is B/C(C)=C/SC(=C)N(C)CCC. The summed E-state index contributed by atoms with van der Waals surface area (Å²) in [5, 5.41) is 3.26. The summed E-state index contributed by atoms with van der Waals surface area (Å²) < 4.78 is 0. The molecule has 0 aliphatic rings. The highest BCUT2D eigenvalue weighted by atomic mass is 32.2. The molecule has 68 valence electrons. The largest absolute Gasteiger partial charge is 0.370 e. The van der Waals surface area contributed by atoms with Crippen LogP contribution >= 0.6 is 11.8 Å². The molecule has 0 radical (unpaired) electrons. The minimum Gasteiger partial charge on any atom is -0.370 e. The Morgan fingerprint density at radius 1 is 1.67 bits per heavy atom. The van der Waals surface area contributed by atoms with E-state index in [4.69, 9.17) is 0 Å². The molecular weight excluding hydrogens is 165 g/mol. The summed E-state index contributed by atoms with van der Waals surface area (Å²) in [6.07, 6.45) is 1.17. The van der Waals surface area contributed by atoms with Crippen LogP contribution in [0.3, 0.4) is 0 Å². The minimum absolute atomic E-state index is 1.09. The summed E-state index contributed by atoms with van der Waals surface area (Å²) >= 11 is 1.70. The van der Waals surface area contributed by atoms with Gasteiger partial charge in [-0.1, -0.05) is 32.2 Å². The molecule has 0 aromatic heterocycles. The molecule has 0 fully saturated rings. The van der Waals surface area contributed by atoms with E-state index in [9.17, 15) is 0 Å². The Labute approximate surface area is 81.3 Å². The third kappa shape index (κ3) is 5.36. The van der Waals surface area contributed by atoms with Gasteiger partial charge in [-0.05, 0) is 11.8 Å². The Morgan fingerprint density at radius 3 is 2.67 bits per heavy atom. The Morgan fingerprint density at radius 2 is 2.25 bits per heavy atom. The van der Waals surface area contributed by atoms with Crippen molar-refractivity contribution in [2.45, 2.75) is 20.3 Å². The van der Waals surface area contributed by atoms with Gasteiger partial charge in [-0.3, -0.25) is 0 Å². The first-order valence-corrected chi connectivity index (χ1v) is 5.16. The van der Waals surface area contributed by atoms with Crippen LogP contribution in [-0.2, 0) is 0 Å². The van der Waals surface area contributed by atoms with Gasteiger partial charge in [0.2, 0.25) is 0 Å². The topological polar surface area (TPSA) is 3.24 Å². The van der Waals surface area contributed by atoms with Crippen LogP contribution in [-0.4, -0.2) is 26.3 Å². The lowest BCUT2D eigenvalue weighted by Crippen LogP contribution is -2.15. The van der Waals surface area contributed by atoms with E-state index in [1.165, 1.54) is 11.9 Å². The fourth-order valence-corrected chi connectivity index (χ4v) is 1.38. The van der Waals surface area contributed by atoms with Gasteiger partial charge in [-0.15, -0.1) is 5.47 Å². The lowest BCUT2D eigenvalue weighted by molar-refractivity contribution is 0.446. The molecular formula is C9H18BNS. The quantitative estimate of drug-likeness (QED) is 0.600. The van der Waals surface area contributed by atoms with E-state index in [2.05, 4.69) is 45.6 Å². The second-order valence-electron chi connectivity index (χ2n) is 3.13. The smallest absolute Gasteiger partial charge is 0.134 e. The maximum absolute atomic E-state index is 3.99. The van der Waals surface area contributed by atoms with E-state index in [0.717, 1.165) is 11.6 Å². The molecule has 0 saturated carbocycles. The number of rotatable bonds is 5. The van der Waals surface area contributed by atoms with E-state index in [-0.39, 0.29) is 0 Å². The highest BCUT2D eigenvalue weighted by Gasteiger charge is 1.98. The average Bonchev–Trinajstić information content (AvgIpc) is 2.00. The van der Waals surface area contributed by atoms with Crippen molar-refractivity contribution in [1.29, 1.82) is 0 Å². The van der Waals surface area contributed by atoms with Crippen LogP contribution < -0.4 is 0 Å². The van der Waals surface area contributed by atoms with Crippen molar-refractivity contribution in [3.63, 3.8) is 0 Å². The van der Waals surface area contributed by atoms with Crippen LogP contribution in [0.1, 0.15) is 20.3 Å². The molecule has 0 bridgehead atoms. The Kier molecular flexibility index (Phi) is 6.08. The molecule has 0 saturated heterocycles. The highest BCUT2D eigenvalue weighted by molar-refractivity contribution is 8.05. The predicted octanol–water partition coefficient (Wildman–Crippen LogP) is 2.03. The zero-order valence-corrected chi connectivity index (χ0v) is 9.37. The number of hydrogen-bond acceptors (Lipinski definition) is 2. The number of hydrogen-bond donors (Lipinski definition) is 0. The van der Waals surface area contributed by atoms with Crippen LogP contribution in [0.2, 0.25) is 0 Å². The van der Waals surface area contributed by atoms with Crippen molar-refractivity contribution in [2.24, 2.45) is 0 Å². The van der Waals surface area contributed by atoms with Crippen molar-refractivity contribution in [1.82, 2.24) is 4.90 Å². The first-order chi connectivity index (χ1) is 5.57. The van der Waals surface area contributed by atoms with Gasteiger partial charge in [0.25, 0.3) is 0 Å². The lowest BCUT2D eigenvalue weighted by Gasteiger charge is -2.18. The van der Waals surface area contributed by atoms with Gasteiger partial charge in [-0.2, -0.15) is 0 Å². The summed E-state index contributed by atoms with van der Waals surface area (Å²) in [5.41, 5.74) is 1.33. The maximum Gasteiger partial charge on any atom is 0.134 e. The van der Waals surface area contributed by atoms with E-state index in [1.54, 1.807) is 11.8 Å². The van der Waals surface area contributed by atoms with Gasteiger partial charge >= 0.3 is 0 Å². The molecule has 0 atom stereocenters. The molecule has 0 rings (SSSR count). The molecule has 0 unspecified atom stereocenters. The summed E-state index contributed by atoms with van der Waals surface area (Å²) in [4.78, 5) is 2.18. The van der Waals surface area contributed by atoms with E-state index in [1.807, 2.05) is 0 Å². The number of thioether (sulfide) groups is 1. The van der Waals surface area contributed by atoms with Gasteiger partial charge < -0.3 is 4.90 Å². The second-order valence-corrected chi connectivity index (χ2v) is 4.07. The molecule has 0 aliphatic heterocycles. The van der Waals surface area contributed by atoms with E-state index < -0.39 is 0 Å². The lowest BCUT2D eigenvalue weighted by atomic mass is 10.0. The number of nitrogens with zero attached hydrogens (tertiary/aromatic N) is 1. The van der Waals surface area contributed by atoms with Crippen LogP contribution in [0, 0.1) is 0 Å². The Hall–Kier alpha value is -0.305. The van der Waals surface area contributed by atoms with Crippen LogP contribution in [0.15, 0.2) is 22.5 Å². The average molecular weight is 183 g/mol. The second kappa shape index (κ2) is 6.24. The van der Waals surface area contributed by atoms with E-state index >= 15 is 0 Å². The fraction of sp³-hybridized carbons (Fsp3) is 0.556. The monoisotopic (exact) mass is 183 g/mol. The van der Waals surface area contributed by atoms with Crippen LogP contribution in [0.4, 0.5) is 0 Å². The summed E-state index contributed by atoms with van der Waals surface area (Å²) in [6.45, 7) is 9.35. The summed E-state index contributed by atoms with van der Waals surface area (Å²) in [5.74, 6) is 0. The molecule has 12 heavy (non-hydrogen) atoms. The highest BCUT2D eigenvalue weighted by Crippen LogP contribution is 2.18. The molecule has 0 aromatic carbocycles. The first kappa shape index (κ1) is 11.7. The van der Waals surface area contributed by atoms with Crippen LogP contribution in [0.5, 0.6) is 0 Å². The van der Waals surface area contributed by atoms with Gasteiger partial charge in [0.15, 0.2) is 0 Å². The Balaban J connectivity index is 3.79. The van der Waals surface area contributed by atoms with Crippen molar-refractivity contribution >= 4 is 19.6 Å². The van der Waals surface area contributed by atoms with E-state index in [0.29, 0.717) is 0 Å². The van der Waals surface area contributed by atoms with Crippen molar-refractivity contribution < 1.29 is 0 Å². The van der Waals surface area contributed by atoms with Gasteiger partial charge in [-0.25, -0.2) is 0 Å². The van der Waals surface area contributed by atoms with Crippen molar-refractivity contribution in [3.8, 4) is 0 Å². The molecule has 0 N–H and O–H groups in total. The Bertz CT molecular complexity index is 173. The zero-order valence-electron chi connectivity index (χ0n) is 8.55. The molecule has 0 aromatic rings. The molecule has 0 amide bonds. The van der Waals surface area contributed by atoms with Crippen LogP contribution in [0.25, 0.3) is 0 Å². The summed E-state index contributed by atoms with van der Waals surface area (Å²) in [7, 11) is 4.18. The third-order valence-corrected chi connectivity index (χ3v) is 2.59.